The molecule has 0 aliphatic carbocycles. The first kappa shape index (κ1) is 19.7. The maximum absolute atomic E-state index is 13.1. The van der Waals surface area contributed by atoms with Gasteiger partial charge in [0.15, 0.2) is 5.82 Å². The molecule has 5 heterocycles. The Morgan fingerprint density at radius 1 is 1.06 bits per heavy atom. The molecule has 0 amide bonds. The minimum atomic E-state index is -4.54. The van der Waals surface area contributed by atoms with Gasteiger partial charge >= 0.3 is 6.18 Å². The SMILES string of the molecule is Cc1nc(-c2cnn(C)c2-c2ncc(C(F)(F)F)cc2Cl)c2c(N3CCC3)ncnn12. The standard InChI is InChI=1S/C19H16ClF3N8/c1-10-28-14(17-18(30-4-3-5-30)25-9-27-31(10)17)12-8-26-29(2)16(12)15-13(20)6-11(7-24-15)19(21,22)23/h6-9H,3-5H2,1-2H3. The Labute approximate surface area is 179 Å². The van der Waals surface area contributed by atoms with Gasteiger partial charge in [-0.25, -0.2) is 14.5 Å². The lowest BCUT2D eigenvalue weighted by Gasteiger charge is -2.32. The summed E-state index contributed by atoms with van der Waals surface area (Å²) in [6.45, 7) is 3.58. The van der Waals surface area contributed by atoms with Gasteiger partial charge in [-0.3, -0.25) is 9.67 Å². The highest BCUT2D eigenvalue weighted by molar-refractivity contribution is 6.33. The van der Waals surface area contributed by atoms with E-state index >= 15 is 0 Å². The summed E-state index contributed by atoms with van der Waals surface area (Å²) in [5, 5.41) is 8.49. The summed E-state index contributed by atoms with van der Waals surface area (Å²) in [7, 11) is 1.67. The number of fused-ring (bicyclic) bond motifs is 1. The minimum Gasteiger partial charge on any atom is -0.355 e. The van der Waals surface area contributed by atoms with Crippen LogP contribution in [0.15, 0.2) is 24.8 Å². The summed E-state index contributed by atoms with van der Waals surface area (Å²) in [6.07, 6.45) is 0.382. The molecule has 0 atom stereocenters. The van der Waals surface area contributed by atoms with Crippen LogP contribution in [0.25, 0.3) is 28.2 Å². The van der Waals surface area contributed by atoms with Gasteiger partial charge in [-0.2, -0.15) is 23.4 Å². The molecule has 160 valence electrons. The van der Waals surface area contributed by atoms with Crippen LogP contribution in [-0.2, 0) is 13.2 Å². The van der Waals surface area contributed by atoms with Crippen LogP contribution in [0, 0.1) is 6.92 Å². The molecule has 0 radical (unpaired) electrons. The van der Waals surface area contributed by atoms with Gasteiger partial charge in [0.25, 0.3) is 0 Å². The Balaban J connectivity index is 1.73. The second-order valence-electron chi connectivity index (χ2n) is 7.27. The van der Waals surface area contributed by atoms with Gasteiger partial charge in [-0.05, 0) is 19.4 Å². The molecule has 0 bridgehead atoms. The number of anilines is 1. The third kappa shape index (κ3) is 3.11. The van der Waals surface area contributed by atoms with E-state index in [2.05, 4.69) is 30.0 Å². The first-order valence-corrected chi connectivity index (χ1v) is 9.84. The molecule has 0 saturated carbocycles. The highest BCUT2D eigenvalue weighted by atomic mass is 35.5. The number of halogens is 4. The normalized spacial score (nSPS) is 14.3. The molecule has 1 aliphatic rings. The van der Waals surface area contributed by atoms with E-state index in [9.17, 15) is 13.2 Å². The van der Waals surface area contributed by atoms with Crippen molar-refractivity contribution >= 4 is 22.9 Å². The zero-order valence-electron chi connectivity index (χ0n) is 16.5. The lowest BCUT2D eigenvalue weighted by Crippen LogP contribution is -2.38. The van der Waals surface area contributed by atoms with Gasteiger partial charge in [0.1, 0.15) is 29.1 Å². The maximum atomic E-state index is 13.1. The molecule has 0 N–H and O–H groups in total. The molecule has 4 aromatic heterocycles. The van der Waals surface area contributed by atoms with Crippen molar-refractivity contribution < 1.29 is 13.2 Å². The Hall–Kier alpha value is -3.21. The van der Waals surface area contributed by atoms with Crippen molar-refractivity contribution in [2.75, 3.05) is 18.0 Å². The van der Waals surface area contributed by atoms with Gasteiger partial charge in [0, 0.05) is 26.3 Å². The number of pyridine rings is 1. The Morgan fingerprint density at radius 3 is 2.48 bits per heavy atom. The van der Waals surface area contributed by atoms with Gasteiger partial charge < -0.3 is 4.90 Å². The number of rotatable bonds is 3. The van der Waals surface area contributed by atoms with Crippen molar-refractivity contribution in [3.05, 3.63) is 41.2 Å². The number of nitrogens with zero attached hydrogens (tertiary/aromatic N) is 8. The molecular formula is C19H16ClF3N8. The lowest BCUT2D eigenvalue weighted by molar-refractivity contribution is -0.137. The van der Waals surface area contributed by atoms with Crippen LogP contribution in [-0.4, -0.2) is 47.4 Å². The smallest absolute Gasteiger partial charge is 0.355 e. The molecular weight excluding hydrogens is 433 g/mol. The topological polar surface area (TPSA) is 77.0 Å². The van der Waals surface area contributed by atoms with E-state index in [1.54, 1.807) is 17.8 Å². The van der Waals surface area contributed by atoms with Crippen LogP contribution in [0.2, 0.25) is 5.02 Å². The van der Waals surface area contributed by atoms with E-state index in [1.165, 1.54) is 11.0 Å². The molecule has 4 aromatic rings. The lowest BCUT2D eigenvalue weighted by atomic mass is 10.1. The molecule has 31 heavy (non-hydrogen) atoms. The zero-order valence-corrected chi connectivity index (χ0v) is 17.3. The van der Waals surface area contributed by atoms with Crippen LogP contribution < -0.4 is 4.90 Å². The first-order valence-electron chi connectivity index (χ1n) is 9.46. The fourth-order valence-electron chi connectivity index (χ4n) is 3.67. The van der Waals surface area contributed by atoms with Gasteiger partial charge in [-0.15, -0.1) is 0 Å². The third-order valence-corrected chi connectivity index (χ3v) is 5.61. The number of imidazole rings is 1. The average molecular weight is 449 g/mol. The summed E-state index contributed by atoms with van der Waals surface area (Å²) >= 11 is 6.23. The number of hydrogen-bond donors (Lipinski definition) is 0. The van der Waals surface area contributed by atoms with E-state index in [0.29, 0.717) is 28.3 Å². The van der Waals surface area contributed by atoms with E-state index < -0.39 is 11.7 Å². The summed E-state index contributed by atoms with van der Waals surface area (Å²) in [6, 6.07) is 0.867. The predicted octanol–water partition coefficient (Wildman–Crippen LogP) is 3.78. The first-order chi connectivity index (χ1) is 14.8. The van der Waals surface area contributed by atoms with Crippen LogP contribution in [0.1, 0.15) is 17.8 Å². The predicted molar refractivity (Wildman–Crippen MR) is 108 cm³/mol. The van der Waals surface area contributed by atoms with E-state index in [1.807, 2.05) is 6.92 Å². The highest BCUT2D eigenvalue weighted by Gasteiger charge is 2.33. The summed E-state index contributed by atoms with van der Waals surface area (Å²) in [4.78, 5) is 15.3. The van der Waals surface area contributed by atoms with Gasteiger partial charge in [0.2, 0.25) is 0 Å². The number of hydrogen-bond acceptors (Lipinski definition) is 6. The molecule has 8 nitrogen and oxygen atoms in total. The Morgan fingerprint density at radius 2 is 1.84 bits per heavy atom. The van der Waals surface area contributed by atoms with Crippen LogP contribution in [0.5, 0.6) is 0 Å². The summed E-state index contributed by atoms with van der Waals surface area (Å²) < 4.78 is 42.4. The van der Waals surface area contributed by atoms with Crippen molar-refractivity contribution in [3.8, 4) is 22.6 Å². The maximum Gasteiger partial charge on any atom is 0.417 e. The van der Waals surface area contributed by atoms with Crippen molar-refractivity contribution in [1.82, 2.24) is 34.3 Å². The monoisotopic (exact) mass is 448 g/mol. The zero-order chi connectivity index (χ0) is 21.9. The van der Waals surface area contributed by atoms with Crippen LogP contribution in [0.4, 0.5) is 19.0 Å². The Bertz CT molecular complexity index is 1310. The average Bonchev–Trinajstić information content (AvgIpc) is 3.20. The van der Waals surface area contributed by atoms with Gasteiger partial charge in [0.05, 0.1) is 28.0 Å². The number of aryl methyl sites for hydroxylation is 2. The second-order valence-corrected chi connectivity index (χ2v) is 7.68. The largest absolute Gasteiger partial charge is 0.417 e. The van der Waals surface area contributed by atoms with Crippen molar-refractivity contribution in [2.24, 2.45) is 7.05 Å². The summed E-state index contributed by atoms with van der Waals surface area (Å²) in [5.74, 6) is 1.40. The van der Waals surface area contributed by atoms with Crippen LogP contribution in [0.3, 0.4) is 0 Å². The minimum absolute atomic E-state index is 0.126. The van der Waals surface area contributed by atoms with Gasteiger partial charge in [-0.1, -0.05) is 11.6 Å². The van der Waals surface area contributed by atoms with E-state index in [-0.39, 0.29) is 10.7 Å². The van der Waals surface area contributed by atoms with E-state index in [0.717, 1.165) is 37.6 Å². The second kappa shape index (κ2) is 6.91. The molecule has 12 heteroatoms. The third-order valence-electron chi connectivity index (χ3n) is 5.32. The Kier molecular flexibility index (Phi) is 4.40. The van der Waals surface area contributed by atoms with Crippen LogP contribution >= 0.6 is 11.6 Å². The fraction of sp³-hybridized carbons (Fsp3) is 0.316. The van der Waals surface area contributed by atoms with E-state index in [4.69, 9.17) is 11.6 Å². The fourth-order valence-corrected chi connectivity index (χ4v) is 3.92. The quantitative estimate of drug-likeness (QED) is 0.475. The van der Waals surface area contributed by atoms with Crippen molar-refractivity contribution in [3.63, 3.8) is 0 Å². The molecule has 5 rings (SSSR count). The van der Waals surface area contributed by atoms with Crippen molar-refractivity contribution in [2.45, 2.75) is 19.5 Å². The highest BCUT2D eigenvalue weighted by Crippen LogP contribution is 2.40. The summed E-state index contributed by atoms with van der Waals surface area (Å²) in [5.41, 5.74) is 1.58. The molecule has 1 fully saturated rings. The number of aromatic nitrogens is 7. The molecule has 0 aromatic carbocycles. The number of alkyl halides is 3. The molecule has 1 saturated heterocycles. The molecule has 1 aliphatic heterocycles. The molecule has 0 spiro atoms. The van der Waals surface area contributed by atoms with Crippen molar-refractivity contribution in [1.29, 1.82) is 0 Å². The molecule has 0 unspecified atom stereocenters.